The Hall–Kier alpha value is -1.75. The Morgan fingerprint density at radius 3 is 2.38 bits per heavy atom. The van der Waals surface area contributed by atoms with Crippen molar-refractivity contribution >= 4 is 77.8 Å². The Bertz CT molecular complexity index is 1000. The fourth-order valence-electron chi connectivity index (χ4n) is 2.59. The molecular formula is C19H14Br2N2O4S2. The number of carbonyl (C=O) groups is 1. The van der Waals surface area contributed by atoms with E-state index >= 15 is 0 Å². The van der Waals surface area contributed by atoms with E-state index in [2.05, 4.69) is 31.9 Å². The summed E-state index contributed by atoms with van der Waals surface area (Å²) in [5.74, 6) is 0.509. The molecule has 0 bridgehead atoms. The first kappa shape index (κ1) is 21.9. The average molecular weight is 558 g/mol. The third kappa shape index (κ3) is 5.06. The summed E-state index contributed by atoms with van der Waals surface area (Å²) < 4.78 is 7.85. The second-order valence-corrected chi connectivity index (χ2v) is 9.34. The van der Waals surface area contributed by atoms with E-state index in [0.29, 0.717) is 30.5 Å². The predicted octanol–water partition coefficient (Wildman–Crippen LogP) is 5.92. The highest BCUT2D eigenvalue weighted by Crippen LogP contribution is 2.38. The van der Waals surface area contributed by atoms with Crippen molar-refractivity contribution < 1.29 is 14.5 Å². The van der Waals surface area contributed by atoms with Gasteiger partial charge in [0.15, 0.2) is 0 Å². The van der Waals surface area contributed by atoms with Crippen LogP contribution in [0.3, 0.4) is 0 Å². The van der Waals surface area contributed by atoms with Gasteiger partial charge < -0.3 is 4.74 Å². The molecule has 1 aliphatic rings. The molecule has 6 nitrogen and oxygen atoms in total. The van der Waals surface area contributed by atoms with Crippen LogP contribution in [0, 0.1) is 10.1 Å². The van der Waals surface area contributed by atoms with Gasteiger partial charge in [0, 0.05) is 18.7 Å². The number of nitro benzene ring substituents is 1. The van der Waals surface area contributed by atoms with E-state index in [1.165, 1.54) is 23.9 Å². The molecule has 150 valence electrons. The number of benzene rings is 2. The number of likely N-dealkylation sites (N-methyl/N-ethyl adjacent to an activating group) is 1. The van der Waals surface area contributed by atoms with Crippen LogP contribution in [0.4, 0.5) is 5.69 Å². The molecule has 29 heavy (non-hydrogen) atoms. The van der Waals surface area contributed by atoms with Gasteiger partial charge in [-0.25, -0.2) is 0 Å². The Morgan fingerprint density at radius 2 is 1.86 bits per heavy atom. The third-order valence-electron chi connectivity index (χ3n) is 4.04. The van der Waals surface area contributed by atoms with E-state index in [9.17, 15) is 14.9 Å². The van der Waals surface area contributed by atoms with Crippen molar-refractivity contribution in [3.63, 3.8) is 0 Å². The number of rotatable bonds is 6. The van der Waals surface area contributed by atoms with Crippen LogP contribution in [0.25, 0.3) is 6.08 Å². The molecule has 1 aliphatic heterocycles. The molecule has 0 aliphatic carbocycles. The van der Waals surface area contributed by atoms with Gasteiger partial charge >= 0.3 is 0 Å². The molecule has 1 fully saturated rings. The minimum atomic E-state index is -0.440. The summed E-state index contributed by atoms with van der Waals surface area (Å²) in [6.07, 6.45) is 1.80. The van der Waals surface area contributed by atoms with Gasteiger partial charge in [0.1, 0.15) is 16.7 Å². The van der Waals surface area contributed by atoms with Crippen LogP contribution in [0.15, 0.2) is 50.2 Å². The highest BCUT2D eigenvalue weighted by molar-refractivity contribution is 9.11. The normalized spacial score (nSPS) is 15.3. The fraction of sp³-hybridized carbons (Fsp3) is 0.158. The van der Waals surface area contributed by atoms with Crippen LogP contribution >= 0.6 is 55.8 Å². The number of halogens is 2. The van der Waals surface area contributed by atoms with E-state index in [-0.39, 0.29) is 18.2 Å². The van der Waals surface area contributed by atoms with Gasteiger partial charge in [-0.2, -0.15) is 0 Å². The molecule has 0 radical (unpaired) electrons. The molecule has 1 saturated heterocycles. The standard InChI is InChI=1S/C19H14Br2N2O4S2/c1-2-22-18(24)16(29-19(22)28)9-12-7-14(20)17(15(21)8-12)27-10-11-3-5-13(6-4-11)23(25)26/h3-9H,2,10H2,1H3/b16-9-. The van der Waals surface area contributed by atoms with Gasteiger partial charge in [0.05, 0.1) is 18.8 Å². The fourth-order valence-corrected chi connectivity index (χ4v) is 5.43. The molecule has 0 spiro atoms. The van der Waals surface area contributed by atoms with E-state index in [0.717, 1.165) is 11.1 Å². The minimum absolute atomic E-state index is 0.0361. The summed E-state index contributed by atoms with van der Waals surface area (Å²) in [5, 5.41) is 10.7. The number of ether oxygens (including phenoxy) is 1. The third-order valence-corrected chi connectivity index (χ3v) is 6.59. The van der Waals surface area contributed by atoms with Crippen molar-refractivity contribution in [2.75, 3.05) is 6.54 Å². The van der Waals surface area contributed by atoms with Crippen molar-refractivity contribution in [2.24, 2.45) is 0 Å². The lowest BCUT2D eigenvalue weighted by molar-refractivity contribution is -0.384. The van der Waals surface area contributed by atoms with Gasteiger partial charge in [0.25, 0.3) is 11.6 Å². The van der Waals surface area contributed by atoms with Crippen LogP contribution in [0.1, 0.15) is 18.1 Å². The van der Waals surface area contributed by atoms with Crippen LogP contribution in [0.5, 0.6) is 5.75 Å². The van der Waals surface area contributed by atoms with Crippen molar-refractivity contribution in [3.05, 3.63) is 71.5 Å². The SMILES string of the molecule is CCN1C(=O)/C(=C/c2cc(Br)c(OCc3ccc([N+](=O)[O-])cc3)c(Br)c2)SC1=S. The molecule has 3 rings (SSSR count). The molecule has 0 atom stereocenters. The molecule has 1 heterocycles. The monoisotopic (exact) mass is 556 g/mol. The number of amides is 1. The molecule has 0 N–H and O–H groups in total. The van der Waals surface area contributed by atoms with E-state index in [4.69, 9.17) is 17.0 Å². The Balaban J connectivity index is 1.76. The zero-order valence-corrected chi connectivity index (χ0v) is 19.9. The van der Waals surface area contributed by atoms with Gasteiger partial charge in [-0.3, -0.25) is 19.8 Å². The van der Waals surface area contributed by atoms with Crippen molar-refractivity contribution in [3.8, 4) is 5.75 Å². The largest absolute Gasteiger partial charge is 0.487 e. The molecule has 0 saturated carbocycles. The first-order chi connectivity index (χ1) is 13.8. The summed E-state index contributed by atoms with van der Waals surface area (Å²) >= 11 is 13.5. The Kier molecular flexibility index (Phi) is 7.10. The zero-order chi connectivity index (χ0) is 21.1. The van der Waals surface area contributed by atoms with Gasteiger partial charge in [-0.1, -0.05) is 24.0 Å². The number of hydrogen-bond acceptors (Lipinski definition) is 6. The number of carbonyl (C=O) groups excluding carboxylic acids is 1. The van der Waals surface area contributed by atoms with Crippen LogP contribution in [0.2, 0.25) is 0 Å². The van der Waals surface area contributed by atoms with Crippen LogP contribution in [-0.4, -0.2) is 26.6 Å². The number of nitro groups is 1. The molecule has 2 aromatic carbocycles. The van der Waals surface area contributed by atoms with E-state index < -0.39 is 4.92 Å². The van der Waals surface area contributed by atoms with Crippen molar-refractivity contribution in [1.29, 1.82) is 0 Å². The smallest absolute Gasteiger partial charge is 0.269 e. The maximum atomic E-state index is 12.4. The molecule has 0 unspecified atom stereocenters. The van der Waals surface area contributed by atoms with Crippen LogP contribution in [-0.2, 0) is 11.4 Å². The summed E-state index contributed by atoms with van der Waals surface area (Å²) in [5.41, 5.74) is 1.67. The average Bonchev–Trinajstić information content (AvgIpc) is 2.94. The highest BCUT2D eigenvalue weighted by Gasteiger charge is 2.30. The number of thiocarbonyl (C=S) groups is 1. The van der Waals surface area contributed by atoms with Gasteiger partial charge in [0.2, 0.25) is 0 Å². The lowest BCUT2D eigenvalue weighted by atomic mass is 10.2. The summed E-state index contributed by atoms with van der Waals surface area (Å²) in [6, 6.07) is 9.91. The van der Waals surface area contributed by atoms with Gasteiger partial charge in [-0.05, 0) is 80.3 Å². The Labute approximate surface area is 193 Å². The van der Waals surface area contributed by atoms with Crippen molar-refractivity contribution in [2.45, 2.75) is 13.5 Å². The molecular weight excluding hydrogens is 544 g/mol. The maximum absolute atomic E-state index is 12.4. The van der Waals surface area contributed by atoms with Crippen LogP contribution < -0.4 is 4.74 Å². The lowest BCUT2D eigenvalue weighted by Crippen LogP contribution is -2.27. The summed E-state index contributed by atoms with van der Waals surface area (Å²) in [6.45, 7) is 2.69. The Morgan fingerprint density at radius 1 is 1.24 bits per heavy atom. The summed E-state index contributed by atoms with van der Waals surface area (Å²) in [7, 11) is 0. The predicted molar refractivity (Wildman–Crippen MR) is 125 cm³/mol. The highest BCUT2D eigenvalue weighted by atomic mass is 79.9. The summed E-state index contributed by atoms with van der Waals surface area (Å²) in [4.78, 5) is 24.8. The second-order valence-electron chi connectivity index (χ2n) is 5.95. The topological polar surface area (TPSA) is 72.7 Å². The maximum Gasteiger partial charge on any atom is 0.269 e. The number of hydrogen-bond donors (Lipinski definition) is 0. The zero-order valence-electron chi connectivity index (χ0n) is 15.1. The molecule has 1 amide bonds. The second kappa shape index (κ2) is 9.38. The molecule has 0 aromatic heterocycles. The minimum Gasteiger partial charge on any atom is -0.487 e. The first-order valence-corrected chi connectivity index (χ1v) is 11.2. The van der Waals surface area contributed by atoms with Gasteiger partial charge in [-0.15, -0.1) is 0 Å². The number of non-ortho nitro benzene ring substituents is 1. The molecule has 2 aromatic rings. The molecule has 10 heteroatoms. The number of nitrogens with zero attached hydrogens (tertiary/aromatic N) is 2. The quantitative estimate of drug-likeness (QED) is 0.190. The van der Waals surface area contributed by atoms with E-state index in [1.807, 2.05) is 19.1 Å². The number of thioether (sulfide) groups is 1. The van der Waals surface area contributed by atoms with E-state index in [1.54, 1.807) is 23.1 Å². The lowest BCUT2D eigenvalue weighted by Gasteiger charge is -2.12. The van der Waals surface area contributed by atoms with Crippen molar-refractivity contribution in [1.82, 2.24) is 4.90 Å². The first-order valence-electron chi connectivity index (χ1n) is 8.40.